The summed E-state index contributed by atoms with van der Waals surface area (Å²) in [5, 5.41) is 0. The van der Waals surface area contributed by atoms with E-state index >= 15 is 0 Å². The zero-order valence-electron chi connectivity index (χ0n) is 16.5. The molecule has 0 aliphatic carbocycles. The molecule has 1 fully saturated rings. The van der Waals surface area contributed by atoms with E-state index in [0.29, 0.717) is 31.7 Å². The van der Waals surface area contributed by atoms with Gasteiger partial charge in [-0.05, 0) is 61.1 Å². The first-order valence-electron chi connectivity index (χ1n) is 9.38. The monoisotopic (exact) mass is 435 g/mol. The number of piperidine rings is 1. The molecule has 6 nitrogen and oxygen atoms in total. The molecule has 2 aromatic carbocycles. The van der Waals surface area contributed by atoms with Crippen LogP contribution < -0.4 is 4.74 Å². The van der Waals surface area contributed by atoms with Gasteiger partial charge in [-0.1, -0.05) is 12.1 Å². The molecule has 1 aliphatic rings. The van der Waals surface area contributed by atoms with Crippen molar-refractivity contribution in [1.29, 1.82) is 0 Å². The summed E-state index contributed by atoms with van der Waals surface area (Å²) < 4.78 is 37.5. The van der Waals surface area contributed by atoms with E-state index in [9.17, 15) is 13.2 Å². The standard InChI is InChI=1S/C21H25NO5S2/c1-26-18-5-9-20(10-6-18)29(24,25)22-13-11-17(12-14-22)21(23)27-15-16-3-7-19(28-2)8-4-16/h3-10,17H,11-15H2,1-2H3. The number of hydrogen-bond acceptors (Lipinski definition) is 6. The van der Waals surface area contributed by atoms with Gasteiger partial charge >= 0.3 is 5.97 Å². The summed E-state index contributed by atoms with van der Waals surface area (Å²) in [6.45, 7) is 0.838. The van der Waals surface area contributed by atoms with Crippen LogP contribution in [0.1, 0.15) is 18.4 Å². The Bertz CT molecular complexity index is 919. The third kappa shape index (κ3) is 5.32. The smallest absolute Gasteiger partial charge is 0.309 e. The lowest BCUT2D eigenvalue weighted by Gasteiger charge is -2.30. The van der Waals surface area contributed by atoms with Gasteiger partial charge in [-0.3, -0.25) is 4.79 Å². The molecule has 3 rings (SSSR count). The Morgan fingerprint density at radius 2 is 1.69 bits per heavy atom. The molecule has 0 aromatic heterocycles. The second kappa shape index (κ2) is 9.65. The number of thioether (sulfide) groups is 1. The molecule has 1 aliphatic heterocycles. The Hall–Kier alpha value is -2.03. The third-order valence-electron chi connectivity index (χ3n) is 5.02. The average molecular weight is 436 g/mol. The minimum absolute atomic E-state index is 0.230. The molecule has 0 atom stereocenters. The number of carbonyl (C=O) groups is 1. The van der Waals surface area contributed by atoms with Crippen LogP contribution in [0.4, 0.5) is 0 Å². The van der Waals surface area contributed by atoms with Crippen LogP contribution in [0.3, 0.4) is 0 Å². The summed E-state index contributed by atoms with van der Waals surface area (Å²) in [5.41, 5.74) is 0.940. The highest BCUT2D eigenvalue weighted by Gasteiger charge is 2.32. The maximum absolute atomic E-state index is 12.8. The highest BCUT2D eigenvalue weighted by Crippen LogP contribution is 2.26. The predicted octanol–water partition coefficient (Wildman–Crippen LogP) is 3.56. The summed E-state index contributed by atoms with van der Waals surface area (Å²) >= 11 is 1.66. The van der Waals surface area contributed by atoms with Crippen molar-refractivity contribution in [2.75, 3.05) is 26.5 Å². The van der Waals surface area contributed by atoms with Crippen LogP contribution >= 0.6 is 11.8 Å². The summed E-state index contributed by atoms with van der Waals surface area (Å²) in [4.78, 5) is 13.8. The van der Waals surface area contributed by atoms with Gasteiger partial charge in [-0.2, -0.15) is 4.31 Å². The first kappa shape index (κ1) is 21.7. The van der Waals surface area contributed by atoms with Crippen molar-refractivity contribution in [2.24, 2.45) is 5.92 Å². The number of esters is 1. The Balaban J connectivity index is 1.52. The van der Waals surface area contributed by atoms with Crippen molar-refractivity contribution in [2.45, 2.75) is 29.2 Å². The highest BCUT2D eigenvalue weighted by molar-refractivity contribution is 7.98. The average Bonchev–Trinajstić information content (AvgIpc) is 2.78. The second-order valence-corrected chi connectivity index (χ2v) is 9.63. The van der Waals surface area contributed by atoms with Crippen molar-refractivity contribution in [3.8, 4) is 5.75 Å². The van der Waals surface area contributed by atoms with Gasteiger partial charge in [0, 0.05) is 18.0 Å². The van der Waals surface area contributed by atoms with Gasteiger partial charge in [0.1, 0.15) is 12.4 Å². The molecule has 0 saturated carbocycles. The van der Waals surface area contributed by atoms with E-state index in [4.69, 9.17) is 9.47 Å². The maximum Gasteiger partial charge on any atom is 0.309 e. The quantitative estimate of drug-likeness (QED) is 0.489. The third-order valence-corrected chi connectivity index (χ3v) is 7.68. The molecule has 0 N–H and O–H groups in total. The number of rotatable bonds is 7. The van der Waals surface area contributed by atoms with Gasteiger partial charge in [0.15, 0.2) is 0 Å². The van der Waals surface area contributed by atoms with Crippen LogP contribution in [0.2, 0.25) is 0 Å². The van der Waals surface area contributed by atoms with Crippen LogP contribution in [0.15, 0.2) is 58.3 Å². The van der Waals surface area contributed by atoms with Crippen LogP contribution in [0.5, 0.6) is 5.75 Å². The molecule has 8 heteroatoms. The fourth-order valence-electron chi connectivity index (χ4n) is 3.22. The lowest BCUT2D eigenvalue weighted by atomic mass is 9.98. The van der Waals surface area contributed by atoms with Gasteiger partial charge in [0.2, 0.25) is 10.0 Å². The summed E-state index contributed by atoms with van der Waals surface area (Å²) in [6.07, 6.45) is 2.93. The lowest BCUT2D eigenvalue weighted by molar-refractivity contribution is -0.151. The van der Waals surface area contributed by atoms with E-state index in [1.165, 1.54) is 23.5 Å². The van der Waals surface area contributed by atoms with Crippen LogP contribution in [0, 0.1) is 5.92 Å². The van der Waals surface area contributed by atoms with E-state index in [1.54, 1.807) is 23.9 Å². The maximum atomic E-state index is 12.8. The second-order valence-electron chi connectivity index (χ2n) is 6.81. The minimum atomic E-state index is -3.57. The molecule has 1 saturated heterocycles. The number of methoxy groups -OCH3 is 1. The van der Waals surface area contributed by atoms with Gasteiger partial charge < -0.3 is 9.47 Å². The predicted molar refractivity (Wildman–Crippen MR) is 112 cm³/mol. The van der Waals surface area contributed by atoms with Crippen molar-refractivity contribution in [3.05, 3.63) is 54.1 Å². The molecule has 0 spiro atoms. The molecule has 0 unspecified atom stereocenters. The van der Waals surface area contributed by atoms with E-state index in [1.807, 2.05) is 30.5 Å². The summed E-state index contributed by atoms with van der Waals surface area (Å²) in [6, 6.07) is 14.2. The van der Waals surface area contributed by atoms with Gasteiger partial charge in [0.25, 0.3) is 0 Å². The number of hydrogen-bond donors (Lipinski definition) is 0. The van der Waals surface area contributed by atoms with Crippen LogP contribution in [-0.2, 0) is 26.2 Å². The zero-order valence-corrected chi connectivity index (χ0v) is 18.2. The molecule has 0 radical (unpaired) electrons. The SMILES string of the molecule is COc1ccc(S(=O)(=O)N2CCC(C(=O)OCc3ccc(SC)cc3)CC2)cc1. The molecule has 29 heavy (non-hydrogen) atoms. The van der Waals surface area contributed by atoms with E-state index in [-0.39, 0.29) is 23.4 Å². The van der Waals surface area contributed by atoms with E-state index < -0.39 is 10.0 Å². The lowest BCUT2D eigenvalue weighted by Crippen LogP contribution is -2.40. The number of ether oxygens (including phenoxy) is 2. The van der Waals surface area contributed by atoms with Gasteiger partial charge in [-0.15, -0.1) is 11.8 Å². The van der Waals surface area contributed by atoms with E-state index in [0.717, 1.165) is 10.5 Å². The topological polar surface area (TPSA) is 72.9 Å². The zero-order chi connectivity index (χ0) is 20.9. The number of nitrogens with zero attached hydrogens (tertiary/aromatic N) is 1. The normalized spacial score (nSPS) is 15.8. The van der Waals surface area contributed by atoms with Crippen molar-refractivity contribution in [3.63, 3.8) is 0 Å². The number of carbonyl (C=O) groups excluding carboxylic acids is 1. The van der Waals surface area contributed by atoms with E-state index in [2.05, 4.69) is 0 Å². The van der Waals surface area contributed by atoms with Gasteiger partial charge in [-0.25, -0.2) is 8.42 Å². The minimum Gasteiger partial charge on any atom is -0.497 e. The summed E-state index contributed by atoms with van der Waals surface area (Å²) in [7, 11) is -2.04. The fraction of sp³-hybridized carbons (Fsp3) is 0.381. The molecular formula is C21H25NO5S2. The molecular weight excluding hydrogens is 410 g/mol. The molecule has 0 bridgehead atoms. The molecule has 1 heterocycles. The first-order chi connectivity index (χ1) is 13.9. The molecule has 2 aromatic rings. The summed E-state index contributed by atoms with van der Waals surface area (Å²) in [5.74, 6) is 0.0664. The first-order valence-corrected chi connectivity index (χ1v) is 12.0. The molecule has 156 valence electrons. The fourth-order valence-corrected chi connectivity index (χ4v) is 5.10. The Kier molecular flexibility index (Phi) is 7.21. The van der Waals surface area contributed by atoms with Gasteiger partial charge in [0.05, 0.1) is 17.9 Å². The number of sulfonamides is 1. The van der Waals surface area contributed by atoms with Crippen molar-refractivity contribution in [1.82, 2.24) is 4.31 Å². The van der Waals surface area contributed by atoms with Crippen molar-refractivity contribution >= 4 is 27.8 Å². The Morgan fingerprint density at radius 3 is 2.24 bits per heavy atom. The van der Waals surface area contributed by atoms with Crippen LogP contribution in [-0.4, -0.2) is 45.1 Å². The van der Waals surface area contributed by atoms with Crippen LogP contribution in [0.25, 0.3) is 0 Å². The molecule has 0 amide bonds. The highest BCUT2D eigenvalue weighted by atomic mass is 32.2. The number of benzene rings is 2. The largest absolute Gasteiger partial charge is 0.497 e. The Morgan fingerprint density at radius 1 is 1.07 bits per heavy atom. The Labute approximate surface area is 176 Å². The van der Waals surface area contributed by atoms with Crippen molar-refractivity contribution < 1.29 is 22.7 Å².